The SMILES string of the molecule is CC(=O)OC(C(C)C)C(C)(C)C=O. The molecule has 0 fully saturated rings. The molecule has 0 aromatic rings. The average molecular weight is 186 g/mol. The summed E-state index contributed by atoms with van der Waals surface area (Å²) in [5.41, 5.74) is -0.611. The molecule has 0 saturated carbocycles. The molecule has 0 N–H and O–H groups in total. The van der Waals surface area contributed by atoms with Crippen LogP contribution in [0.4, 0.5) is 0 Å². The van der Waals surface area contributed by atoms with Crippen molar-refractivity contribution in [2.75, 3.05) is 0 Å². The number of rotatable bonds is 4. The molecular weight excluding hydrogens is 168 g/mol. The van der Waals surface area contributed by atoms with Gasteiger partial charge in [0.2, 0.25) is 0 Å². The van der Waals surface area contributed by atoms with E-state index in [9.17, 15) is 9.59 Å². The fraction of sp³-hybridized carbons (Fsp3) is 0.800. The highest BCUT2D eigenvalue weighted by atomic mass is 16.5. The minimum Gasteiger partial charge on any atom is -0.461 e. The van der Waals surface area contributed by atoms with Gasteiger partial charge in [-0.05, 0) is 19.8 Å². The van der Waals surface area contributed by atoms with Gasteiger partial charge in [-0.3, -0.25) is 4.79 Å². The minimum atomic E-state index is -0.611. The largest absolute Gasteiger partial charge is 0.461 e. The molecule has 0 aliphatic rings. The van der Waals surface area contributed by atoms with Gasteiger partial charge in [-0.2, -0.15) is 0 Å². The van der Waals surface area contributed by atoms with Crippen molar-refractivity contribution in [1.29, 1.82) is 0 Å². The van der Waals surface area contributed by atoms with Gasteiger partial charge in [-0.25, -0.2) is 0 Å². The van der Waals surface area contributed by atoms with Crippen molar-refractivity contribution in [3.8, 4) is 0 Å². The van der Waals surface area contributed by atoms with E-state index in [1.165, 1.54) is 6.92 Å². The number of carbonyl (C=O) groups is 2. The molecule has 0 radical (unpaired) electrons. The number of hydrogen-bond donors (Lipinski definition) is 0. The average Bonchev–Trinajstić information content (AvgIpc) is 1.99. The fourth-order valence-corrected chi connectivity index (χ4v) is 1.39. The monoisotopic (exact) mass is 186 g/mol. The predicted molar refractivity (Wildman–Crippen MR) is 50.2 cm³/mol. The van der Waals surface area contributed by atoms with Gasteiger partial charge in [-0.1, -0.05) is 13.8 Å². The molecular formula is C10H18O3. The van der Waals surface area contributed by atoms with Crippen LogP contribution in [0.3, 0.4) is 0 Å². The minimum absolute atomic E-state index is 0.143. The van der Waals surface area contributed by atoms with Gasteiger partial charge in [0.25, 0.3) is 0 Å². The van der Waals surface area contributed by atoms with Crippen molar-refractivity contribution in [1.82, 2.24) is 0 Å². The Balaban J connectivity index is 4.60. The van der Waals surface area contributed by atoms with E-state index < -0.39 is 5.41 Å². The first-order valence-electron chi connectivity index (χ1n) is 4.45. The van der Waals surface area contributed by atoms with Crippen LogP contribution >= 0.6 is 0 Å². The summed E-state index contributed by atoms with van der Waals surface area (Å²) in [4.78, 5) is 21.5. The predicted octanol–water partition coefficient (Wildman–Crippen LogP) is 1.80. The number of carbonyl (C=O) groups excluding carboxylic acids is 2. The lowest BCUT2D eigenvalue weighted by Crippen LogP contribution is -2.38. The summed E-state index contributed by atoms with van der Waals surface area (Å²) in [6, 6.07) is 0. The first kappa shape index (κ1) is 12.1. The highest BCUT2D eigenvalue weighted by molar-refractivity contribution is 5.67. The zero-order chi connectivity index (χ0) is 10.6. The van der Waals surface area contributed by atoms with Crippen LogP contribution in [0.1, 0.15) is 34.6 Å². The second kappa shape index (κ2) is 4.40. The lowest BCUT2D eigenvalue weighted by molar-refractivity contribution is -0.157. The van der Waals surface area contributed by atoms with Gasteiger partial charge in [0.1, 0.15) is 12.4 Å². The molecule has 0 aliphatic carbocycles. The molecule has 76 valence electrons. The summed E-state index contributed by atoms with van der Waals surface area (Å²) < 4.78 is 5.10. The molecule has 0 bridgehead atoms. The number of ether oxygens (including phenoxy) is 1. The van der Waals surface area contributed by atoms with Crippen molar-refractivity contribution in [2.45, 2.75) is 40.7 Å². The van der Waals surface area contributed by atoms with Crippen molar-refractivity contribution in [3.63, 3.8) is 0 Å². The van der Waals surface area contributed by atoms with Gasteiger partial charge in [-0.15, -0.1) is 0 Å². The molecule has 3 heteroatoms. The molecule has 1 unspecified atom stereocenters. The van der Waals surface area contributed by atoms with Crippen LogP contribution in [-0.2, 0) is 14.3 Å². The molecule has 0 amide bonds. The van der Waals surface area contributed by atoms with E-state index in [4.69, 9.17) is 4.74 Å². The molecule has 0 aliphatic heterocycles. The summed E-state index contributed by atoms with van der Waals surface area (Å²) in [6.45, 7) is 8.76. The Hall–Kier alpha value is -0.860. The van der Waals surface area contributed by atoms with E-state index in [1.54, 1.807) is 13.8 Å². The topological polar surface area (TPSA) is 43.4 Å². The van der Waals surface area contributed by atoms with Gasteiger partial charge in [0, 0.05) is 6.92 Å². The second-order valence-corrected chi connectivity index (χ2v) is 4.21. The third kappa shape index (κ3) is 3.57. The zero-order valence-electron chi connectivity index (χ0n) is 8.96. The van der Waals surface area contributed by atoms with Crippen molar-refractivity contribution in [3.05, 3.63) is 0 Å². The first-order chi connectivity index (χ1) is 5.81. The zero-order valence-corrected chi connectivity index (χ0v) is 8.96. The molecule has 1 atom stereocenters. The lowest BCUT2D eigenvalue weighted by atomic mass is 9.82. The molecule has 0 heterocycles. The van der Waals surface area contributed by atoms with E-state index in [1.807, 2.05) is 13.8 Å². The Labute approximate surface area is 79.5 Å². The normalized spacial score (nSPS) is 14.0. The smallest absolute Gasteiger partial charge is 0.302 e. The van der Waals surface area contributed by atoms with Crippen LogP contribution in [0.25, 0.3) is 0 Å². The molecule has 0 aromatic heterocycles. The van der Waals surface area contributed by atoms with E-state index in [-0.39, 0.29) is 18.0 Å². The highest BCUT2D eigenvalue weighted by Gasteiger charge is 2.34. The van der Waals surface area contributed by atoms with Gasteiger partial charge >= 0.3 is 5.97 Å². The third-order valence-corrected chi connectivity index (χ3v) is 1.94. The quantitative estimate of drug-likeness (QED) is 0.496. The Morgan fingerprint density at radius 2 is 1.85 bits per heavy atom. The van der Waals surface area contributed by atoms with Crippen LogP contribution in [0.2, 0.25) is 0 Å². The molecule has 0 saturated heterocycles. The summed E-state index contributed by atoms with van der Waals surface area (Å²) in [6.07, 6.45) is 0.489. The molecule has 3 nitrogen and oxygen atoms in total. The molecule has 0 aromatic carbocycles. The van der Waals surface area contributed by atoms with Crippen LogP contribution in [0.5, 0.6) is 0 Å². The van der Waals surface area contributed by atoms with Crippen molar-refractivity contribution in [2.24, 2.45) is 11.3 Å². The van der Waals surface area contributed by atoms with E-state index in [0.29, 0.717) is 0 Å². The maximum absolute atomic E-state index is 10.8. The third-order valence-electron chi connectivity index (χ3n) is 1.94. The number of aldehydes is 1. The van der Waals surface area contributed by atoms with Crippen LogP contribution in [0.15, 0.2) is 0 Å². The maximum Gasteiger partial charge on any atom is 0.302 e. The van der Waals surface area contributed by atoms with Gasteiger partial charge in [0.05, 0.1) is 5.41 Å². The van der Waals surface area contributed by atoms with Crippen molar-refractivity contribution >= 4 is 12.3 Å². The number of esters is 1. The Bertz CT molecular complexity index is 194. The second-order valence-electron chi connectivity index (χ2n) is 4.21. The van der Waals surface area contributed by atoms with Gasteiger partial charge in [0.15, 0.2) is 0 Å². The van der Waals surface area contributed by atoms with Crippen molar-refractivity contribution < 1.29 is 14.3 Å². The standard InChI is InChI=1S/C10H18O3/c1-7(2)9(13-8(3)12)10(4,5)6-11/h6-7,9H,1-5H3. The Kier molecular flexibility index (Phi) is 4.11. The van der Waals surface area contributed by atoms with Crippen LogP contribution in [0, 0.1) is 11.3 Å². The van der Waals surface area contributed by atoms with Crippen LogP contribution in [-0.4, -0.2) is 18.4 Å². The Morgan fingerprint density at radius 1 is 1.38 bits per heavy atom. The number of hydrogen-bond acceptors (Lipinski definition) is 3. The van der Waals surface area contributed by atoms with E-state index >= 15 is 0 Å². The maximum atomic E-state index is 10.8. The summed E-state index contributed by atoms with van der Waals surface area (Å²) in [7, 11) is 0. The lowest BCUT2D eigenvalue weighted by Gasteiger charge is -2.31. The summed E-state index contributed by atoms with van der Waals surface area (Å²) in [5.74, 6) is -0.197. The fourth-order valence-electron chi connectivity index (χ4n) is 1.39. The molecule has 0 spiro atoms. The first-order valence-corrected chi connectivity index (χ1v) is 4.45. The van der Waals surface area contributed by atoms with Crippen LogP contribution < -0.4 is 0 Å². The van der Waals surface area contributed by atoms with E-state index in [0.717, 1.165) is 6.29 Å². The molecule has 0 rings (SSSR count). The molecule has 13 heavy (non-hydrogen) atoms. The highest BCUT2D eigenvalue weighted by Crippen LogP contribution is 2.26. The summed E-state index contributed by atoms with van der Waals surface area (Å²) >= 11 is 0. The van der Waals surface area contributed by atoms with Gasteiger partial charge < -0.3 is 9.53 Å². The Morgan fingerprint density at radius 3 is 2.08 bits per heavy atom. The van der Waals surface area contributed by atoms with E-state index in [2.05, 4.69) is 0 Å². The summed E-state index contributed by atoms with van der Waals surface area (Å²) in [5, 5.41) is 0.